The Balaban J connectivity index is 1.75. The highest BCUT2D eigenvalue weighted by Crippen LogP contribution is 2.12. The van der Waals surface area contributed by atoms with Gasteiger partial charge in [0.2, 0.25) is 0 Å². The van der Waals surface area contributed by atoms with Crippen molar-refractivity contribution < 1.29 is 14.4 Å². The molecule has 102 valence electrons. The molecule has 0 aromatic heterocycles. The van der Waals surface area contributed by atoms with Crippen LogP contribution in [0.25, 0.3) is 6.08 Å². The number of hydrogen-bond donors (Lipinski definition) is 2. The van der Waals surface area contributed by atoms with Gasteiger partial charge in [0.15, 0.2) is 6.29 Å². The van der Waals surface area contributed by atoms with Crippen LogP contribution in [-0.4, -0.2) is 18.8 Å². The number of ether oxygens (including phenoxy) is 1. The van der Waals surface area contributed by atoms with Crippen LogP contribution in [0, 0.1) is 0 Å². The summed E-state index contributed by atoms with van der Waals surface area (Å²) in [5, 5.41) is 0. The monoisotopic (exact) mass is 262 g/mol. The Hall–Kier alpha value is -1.85. The quantitative estimate of drug-likeness (QED) is 0.493. The third-order valence-electron chi connectivity index (χ3n) is 2.79. The number of hydroxylamine groups is 1. The van der Waals surface area contributed by atoms with Crippen LogP contribution < -0.4 is 11.2 Å². The fraction of sp³-hybridized carbons (Fsp3) is 0.357. The summed E-state index contributed by atoms with van der Waals surface area (Å²) in [7, 11) is 0. The molecule has 5 heteroatoms. The lowest BCUT2D eigenvalue weighted by atomic mass is 10.2. The minimum atomic E-state index is -0.331. The summed E-state index contributed by atoms with van der Waals surface area (Å²) >= 11 is 0. The highest BCUT2D eigenvalue weighted by atomic mass is 16.8. The number of nitrogens with one attached hydrogen (secondary N) is 1. The van der Waals surface area contributed by atoms with Gasteiger partial charge in [0.25, 0.3) is 5.91 Å². The average Bonchev–Trinajstić information content (AvgIpc) is 2.45. The topological polar surface area (TPSA) is 73.6 Å². The zero-order chi connectivity index (χ0) is 13.5. The van der Waals surface area contributed by atoms with Crippen LogP contribution >= 0.6 is 0 Å². The Morgan fingerprint density at radius 1 is 1.37 bits per heavy atom. The second-order valence-electron chi connectivity index (χ2n) is 4.38. The Morgan fingerprint density at radius 3 is 2.84 bits per heavy atom. The molecule has 1 heterocycles. The van der Waals surface area contributed by atoms with E-state index in [0.717, 1.165) is 24.8 Å². The average molecular weight is 262 g/mol. The van der Waals surface area contributed by atoms with Gasteiger partial charge in [-0.15, -0.1) is 0 Å². The van der Waals surface area contributed by atoms with Crippen molar-refractivity contribution in [1.29, 1.82) is 0 Å². The van der Waals surface area contributed by atoms with Gasteiger partial charge < -0.3 is 10.5 Å². The molecule has 3 N–H and O–H groups in total. The van der Waals surface area contributed by atoms with E-state index in [-0.39, 0.29) is 12.2 Å². The lowest BCUT2D eigenvalue weighted by Gasteiger charge is -2.21. The lowest BCUT2D eigenvalue weighted by Crippen LogP contribution is -2.32. The second kappa shape index (κ2) is 6.92. The summed E-state index contributed by atoms with van der Waals surface area (Å²) in [6.45, 7) is 0.682. The Morgan fingerprint density at radius 2 is 2.16 bits per heavy atom. The van der Waals surface area contributed by atoms with E-state index in [1.54, 1.807) is 18.2 Å². The molecule has 1 aromatic rings. The number of benzene rings is 1. The molecule has 1 aliphatic rings. The smallest absolute Gasteiger partial charge is 0.267 e. The van der Waals surface area contributed by atoms with E-state index < -0.39 is 0 Å². The molecule has 1 saturated heterocycles. The number of nitrogens with two attached hydrogens (primary N) is 1. The maximum Gasteiger partial charge on any atom is 0.267 e. The van der Waals surface area contributed by atoms with E-state index in [2.05, 4.69) is 5.48 Å². The van der Waals surface area contributed by atoms with E-state index in [9.17, 15) is 4.79 Å². The Bertz CT molecular complexity index is 437. The van der Waals surface area contributed by atoms with E-state index in [1.807, 2.05) is 12.1 Å². The molecule has 5 nitrogen and oxygen atoms in total. The fourth-order valence-corrected chi connectivity index (χ4v) is 1.74. The summed E-state index contributed by atoms with van der Waals surface area (Å²) in [5.41, 5.74) is 9.53. The van der Waals surface area contributed by atoms with Crippen molar-refractivity contribution in [3.63, 3.8) is 0 Å². The van der Waals surface area contributed by atoms with Gasteiger partial charge in [0.1, 0.15) is 0 Å². The standard InChI is InChI=1S/C14H18N2O3/c15-12-7-4-11(5-8-12)6-9-13(17)16-19-14-3-1-2-10-18-14/h4-9,14H,1-3,10,15H2,(H,16,17)/b9-6+. The van der Waals surface area contributed by atoms with Crippen LogP contribution in [0.15, 0.2) is 30.3 Å². The predicted molar refractivity (Wildman–Crippen MR) is 72.7 cm³/mol. The molecular weight excluding hydrogens is 244 g/mol. The molecule has 1 fully saturated rings. The number of rotatable bonds is 4. The van der Waals surface area contributed by atoms with Gasteiger partial charge in [-0.25, -0.2) is 10.3 Å². The van der Waals surface area contributed by atoms with Crippen molar-refractivity contribution in [3.05, 3.63) is 35.9 Å². The zero-order valence-electron chi connectivity index (χ0n) is 10.7. The molecule has 19 heavy (non-hydrogen) atoms. The minimum absolute atomic E-state index is 0.314. The minimum Gasteiger partial charge on any atom is -0.399 e. The molecule has 0 spiro atoms. The molecular formula is C14H18N2O3. The summed E-state index contributed by atoms with van der Waals surface area (Å²) < 4.78 is 5.33. The third kappa shape index (κ3) is 4.73. The molecule has 0 radical (unpaired) electrons. The Kier molecular flexibility index (Phi) is 4.94. The first kappa shape index (κ1) is 13.6. The summed E-state index contributed by atoms with van der Waals surface area (Å²) in [6.07, 6.45) is 5.69. The first-order chi connectivity index (χ1) is 9.24. The van der Waals surface area contributed by atoms with Crippen molar-refractivity contribution in [1.82, 2.24) is 5.48 Å². The highest BCUT2D eigenvalue weighted by Gasteiger charge is 2.14. The second-order valence-corrected chi connectivity index (χ2v) is 4.38. The number of carbonyl (C=O) groups is 1. The van der Waals surface area contributed by atoms with Gasteiger partial charge in [-0.05, 0) is 36.6 Å². The van der Waals surface area contributed by atoms with Crippen LogP contribution in [0.1, 0.15) is 24.8 Å². The van der Waals surface area contributed by atoms with Crippen molar-refractivity contribution >= 4 is 17.7 Å². The molecule has 0 bridgehead atoms. The third-order valence-corrected chi connectivity index (χ3v) is 2.79. The van der Waals surface area contributed by atoms with Gasteiger partial charge in [-0.3, -0.25) is 4.79 Å². The molecule has 1 aromatic carbocycles. The van der Waals surface area contributed by atoms with Crippen LogP contribution in [-0.2, 0) is 14.4 Å². The lowest BCUT2D eigenvalue weighted by molar-refractivity contribution is -0.198. The van der Waals surface area contributed by atoms with E-state index in [4.69, 9.17) is 15.3 Å². The number of amides is 1. The number of carbonyl (C=O) groups excluding carboxylic acids is 1. The van der Waals surface area contributed by atoms with Crippen LogP contribution in [0.5, 0.6) is 0 Å². The molecule has 1 unspecified atom stereocenters. The zero-order valence-corrected chi connectivity index (χ0v) is 10.7. The van der Waals surface area contributed by atoms with Gasteiger partial charge in [0, 0.05) is 24.8 Å². The first-order valence-electron chi connectivity index (χ1n) is 6.35. The number of hydrogen-bond acceptors (Lipinski definition) is 4. The highest BCUT2D eigenvalue weighted by molar-refractivity contribution is 5.90. The van der Waals surface area contributed by atoms with Crippen molar-refractivity contribution in [2.75, 3.05) is 12.3 Å². The van der Waals surface area contributed by atoms with E-state index in [0.29, 0.717) is 12.3 Å². The normalized spacial score (nSPS) is 19.5. The number of anilines is 1. The molecule has 0 aliphatic carbocycles. The van der Waals surface area contributed by atoms with Crippen molar-refractivity contribution in [3.8, 4) is 0 Å². The molecule has 1 aliphatic heterocycles. The first-order valence-corrected chi connectivity index (χ1v) is 6.35. The van der Waals surface area contributed by atoms with Crippen molar-refractivity contribution in [2.24, 2.45) is 0 Å². The van der Waals surface area contributed by atoms with Crippen LogP contribution in [0.3, 0.4) is 0 Å². The van der Waals surface area contributed by atoms with E-state index >= 15 is 0 Å². The molecule has 2 rings (SSSR count). The molecule has 1 atom stereocenters. The van der Waals surface area contributed by atoms with Gasteiger partial charge in [-0.2, -0.15) is 0 Å². The van der Waals surface area contributed by atoms with E-state index in [1.165, 1.54) is 6.08 Å². The van der Waals surface area contributed by atoms with Gasteiger partial charge in [-0.1, -0.05) is 12.1 Å². The Labute approximate surface area is 112 Å². The maximum absolute atomic E-state index is 11.5. The summed E-state index contributed by atoms with van der Waals surface area (Å²) in [5.74, 6) is -0.314. The number of nitrogen functional groups attached to an aromatic ring is 1. The van der Waals surface area contributed by atoms with Gasteiger partial charge >= 0.3 is 0 Å². The SMILES string of the molecule is Nc1ccc(/C=C/C(=O)NOC2CCCCO2)cc1. The maximum atomic E-state index is 11.5. The van der Waals surface area contributed by atoms with Crippen LogP contribution in [0.4, 0.5) is 5.69 Å². The van der Waals surface area contributed by atoms with Crippen molar-refractivity contribution in [2.45, 2.75) is 25.6 Å². The summed E-state index contributed by atoms with van der Waals surface area (Å²) in [6, 6.07) is 7.24. The fourth-order valence-electron chi connectivity index (χ4n) is 1.74. The molecule has 0 saturated carbocycles. The molecule has 1 amide bonds. The summed E-state index contributed by atoms with van der Waals surface area (Å²) in [4.78, 5) is 16.7. The largest absolute Gasteiger partial charge is 0.399 e. The van der Waals surface area contributed by atoms with Gasteiger partial charge in [0.05, 0.1) is 0 Å². The van der Waals surface area contributed by atoms with Crippen LogP contribution in [0.2, 0.25) is 0 Å². The predicted octanol–water partition coefficient (Wildman–Crippen LogP) is 1.86.